The highest BCUT2D eigenvalue weighted by atomic mass is 127. The molecule has 0 aromatic carbocycles. The lowest BCUT2D eigenvalue weighted by molar-refractivity contribution is 0.0217. The van der Waals surface area contributed by atoms with E-state index in [4.69, 9.17) is 4.74 Å². The molecule has 2 saturated heterocycles. The Morgan fingerprint density at radius 1 is 1.29 bits per heavy atom. The first-order valence-electron chi connectivity index (χ1n) is 8.57. The van der Waals surface area contributed by atoms with Gasteiger partial charge >= 0.3 is 0 Å². The van der Waals surface area contributed by atoms with Crippen LogP contribution < -0.4 is 5.32 Å². The molecule has 0 radical (unpaired) electrons. The van der Waals surface area contributed by atoms with E-state index in [1.54, 1.807) is 0 Å². The van der Waals surface area contributed by atoms with Gasteiger partial charge in [0.2, 0.25) is 0 Å². The van der Waals surface area contributed by atoms with Gasteiger partial charge in [0.15, 0.2) is 5.96 Å². The maximum absolute atomic E-state index is 5.54. The molecule has 2 fully saturated rings. The zero-order chi connectivity index (χ0) is 16.4. The Bertz CT molecular complexity index is 592. The number of guanidine groups is 1. The van der Waals surface area contributed by atoms with Gasteiger partial charge in [-0.15, -0.1) is 24.0 Å². The number of nitrogens with zero attached hydrogens (tertiary/aromatic N) is 4. The molecule has 24 heavy (non-hydrogen) atoms. The van der Waals surface area contributed by atoms with Crippen LogP contribution in [0, 0.1) is 19.3 Å². The minimum Gasteiger partial charge on any atom is -0.381 e. The van der Waals surface area contributed by atoms with Crippen LogP contribution in [0.25, 0.3) is 0 Å². The average molecular weight is 447 g/mol. The monoisotopic (exact) mass is 447 g/mol. The lowest BCUT2D eigenvalue weighted by atomic mass is 9.80. The van der Waals surface area contributed by atoms with Gasteiger partial charge < -0.3 is 15.0 Å². The standard InChI is InChI=1S/C17H29N5O.HI/c1-13-15(14(2)21(4)20-13)11-19-16(18-3)22-8-5-17(12-22)6-9-23-10-7-17;/h5-12H2,1-4H3,(H,18,19);1H. The predicted octanol–water partition coefficient (Wildman–Crippen LogP) is 2.23. The maximum atomic E-state index is 5.54. The average Bonchev–Trinajstić information content (AvgIpc) is 3.04. The maximum Gasteiger partial charge on any atom is 0.193 e. The number of rotatable bonds is 2. The second kappa shape index (κ2) is 8.03. The molecule has 1 N–H and O–H groups in total. The van der Waals surface area contributed by atoms with Crippen LogP contribution in [0.15, 0.2) is 4.99 Å². The molecule has 3 heterocycles. The molecule has 2 aliphatic heterocycles. The fourth-order valence-corrected chi connectivity index (χ4v) is 3.90. The highest BCUT2D eigenvalue weighted by Crippen LogP contribution is 2.39. The molecule has 0 aliphatic carbocycles. The molecule has 7 heteroatoms. The lowest BCUT2D eigenvalue weighted by Gasteiger charge is -2.33. The smallest absolute Gasteiger partial charge is 0.193 e. The van der Waals surface area contributed by atoms with Crippen molar-refractivity contribution in [2.24, 2.45) is 17.5 Å². The third kappa shape index (κ3) is 3.87. The number of nitrogens with one attached hydrogen (secondary N) is 1. The summed E-state index contributed by atoms with van der Waals surface area (Å²) in [4.78, 5) is 6.91. The van der Waals surface area contributed by atoms with E-state index >= 15 is 0 Å². The van der Waals surface area contributed by atoms with Crippen molar-refractivity contribution in [1.82, 2.24) is 20.0 Å². The molecule has 3 rings (SSSR count). The second-order valence-electron chi connectivity index (χ2n) is 6.96. The first-order chi connectivity index (χ1) is 11.0. The van der Waals surface area contributed by atoms with E-state index < -0.39 is 0 Å². The number of halogens is 1. The summed E-state index contributed by atoms with van der Waals surface area (Å²) in [6.45, 7) is 8.98. The minimum absolute atomic E-state index is 0. The van der Waals surface area contributed by atoms with E-state index in [1.807, 2.05) is 18.8 Å². The van der Waals surface area contributed by atoms with Crippen LogP contribution in [0.3, 0.4) is 0 Å². The van der Waals surface area contributed by atoms with Gasteiger partial charge in [-0.1, -0.05) is 0 Å². The number of ether oxygens (including phenoxy) is 1. The quantitative estimate of drug-likeness (QED) is 0.429. The normalized spacial score (nSPS) is 20.3. The van der Waals surface area contributed by atoms with Crippen LogP contribution in [-0.4, -0.2) is 54.0 Å². The molecule has 1 spiro atoms. The van der Waals surface area contributed by atoms with Crippen molar-refractivity contribution in [2.75, 3.05) is 33.4 Å². The fraction of sp³-hybridized carbons (Fsp3) is 0.765. The van der Waals surface area contributed by atoms with Crippen LogP contribution in [0.5, 0.6) is 0 Å². The van der Waals surface area contributed by atoms with Crippen molar-refractivity contribution in [1.29, 1.82) is 0 Å². The Hall–Kier alpha value is -0.830. The third-order valence-electron chi connectivity index (χ3n) is 5.59. The molecule has 1 aromatic rings. The van der Waals surface area contributed by atoms with Crippen LogP contribution in [0.1, 0.15) is 36.2 Å². The van der Waals surface area contributed by atoms with E-state index in [0.717, 1.165) is 44.5 Å². The van der Waals surface area contributed by atoms with E-state index in [-0.39, 0.29) is 24.0 Å². The zero-order valence-corrected chi connectivity index (χ0v) is 17.6. The molecule has 0 atom stereocenters. The molecule has 0 amide bonds. The van der Waals surface area contributed by atoms with Gasteiger partial charge in [-0.05, 0) is 38.5 Å². The Labute approximate surface area is 162 Å². The number of likely N-dealkylation sites (tertiary alicyclic amines) is 1. The molecule has 6 nitrogen and oxygen atoms in total. The van der Waals surface area contributed by atoms with Crippen molar-refractivity contribution in [3.05, 3.63) is 17.0 Å². The SMILES string of the molecule is CN=C(NCc1c(C)nn(C)c1C)N1CCC2(CCOCC2)C1.I. The first-order valence-corrected chi connectivity index (χ1v) is 8.57. The Balaban J connectivity index is 0.00000208. The second-order valence-corrected chi connectivity index (χ2v) is 6.96. The minimum atomic E-state index is 0. The number of hydrogen-bond acceptors (Lipinski definition) is 3. The fourth-order valence-electron chi connectivity index (χ4n) is 3.90. The van der Waals surface area contributed by atoms with Gasteiger partial charge in [0.05, 0.1) is 5.69 Å². The van der Waals surface area contributed by atoms with E-state index in [1.165, 1.54) is 30.5 Å². The van der Waals surface area contributed by atoms with Crippen molar-refractivity contribution in [2.45, 2.75) is 39.7 Å². The summed E-state index contributed by atoms with van der Waals surface area (Å²) in [7, 11) is 3.87. The Morgan fingerprint density at radius 2 is 2.00 bits per heavy atom. The first kappa shape index (κ1) is 19.5. The number of aryl methyl sites for hydroxylation is 2. The summed E-state index contributed by atoms with van der Waals surface area (Å²) in [5.74, 6) is 1.01. The number of hydrogen-bond donors (Lipinski definition) is 1. The Kier molecular flexibility index (Phi) is 6.52. The molecule has 2 aliphatic rings. The van der Waals surface area contributed by atoms with E-state index in [0.29, 0.717) is 5.41 Å². The highest BCUT2D eigenvalue weighted by Gasteiger charge is 2.40. The van der Waals surface area contributed by atoms with Crippen molar-refractivity contribution in [3.63, 3.8) is 0 Å². The van der Waals surface area contributed by atoms with Crippen LogP contribution in [0.2, 0.25) is 0 Å². The van der Waals surface area contributed by atoms with Crippen LogP contribution in [0.4, 0.5) is 0 Å². The van der Waals surface area contributed by atoms with Gasteiger partial charge in [-0.3, -0.25) is 9.67 Å². The van der Waals surface area contributed by atoms with E-state index in [9.17, 15) is 0 Å². The predicted molar refractivity (Wildman–Crippen MR) is 107 cm³/mol. The largest absolute Gasteiger partial charge is 0.381 e. The highest BCUT2D eigenvalue weighted by molar-refractivity contribution is 14.0. The summed E-state index contributed by atoms with van der Waals surface area (Å²) >= 11 is 0. The Morgan fingerprint density at radius 3 is 2.58 bits per heavy atom. The van der Waals surface area contributed by atoms with Gasteiger partial charge in [0.25, 0.3) is 0 Å². The lowest BCUT2D eigenvalue weighted by Crippen LogP contribution is -2.42. The number of aromatic nitrogens is 2. The van der Waals surface area contributed by atoms with Gasteiger partial charge in [-0.2, -0.15) is 5.10 Å². The van der Waals surface area contributed by atoms with Crippen molar-refractivity contribution < 1.29 is 4.74 Å². The van der Waals surface area contributed by atoms with Crippen LogP contribution >= 0.6 is 24.0 Å². The number of aliphatic imine (C=N–C) groups is 1. The van der Waals surface area contributed by atoms with Crippen LogP contribution in [-0.2, 0) is 18.3 Å². The zero-order valence-electron chi connectivity index (χ0n) is 15.3. The summed E-state index contributed by atoms with van der Waals surface area (Å²) in [5, 5.41) is 8.03. The summed E-state index contributed by atoms with van der Waals surface area (Å²) in [6, 6.07) is 0. The topological polar surface area (TPSA) is 54.7 Å². The van der Waals surface area contributed by atoms with Gasteiger partial charge in [-0.25, -0.2) is 0 Å². The van der Waals surface area contributed by atoms with Crippen molar-refractivity contribution >= 4 is 29.9 Å². The molecule has 1 aromatic heterocycles. The molecule has 0 bridgehead atoms. The van der Waals surface area contributed by atoms with Gasteiger partial charge in [0, 0.05) is 58.2 Å². The molecule has 0 saturated carbocycles. The summed E-state index contributed by atoms with van der Waals surface area (Å²) < 4.78 is 7.49. The van der Waals surface area contributed by atoms with Crippen molar-refractivity contribution in [3.8, 4) is 0 Å². The third-order valence-corrected chi connectivity index (χ3v) is 5.59. The summed E-state index contributed by atoms with van der Waals surface area (Å²) in [6.07, 6.45) is 3.62. The molecular weight excluding hydrogens is 417 g/mol. The molecule has 136 valence electrons. The molecule has 0 unspecified atom stereocenters. The summed E-state index contributed by atoms with van der Waals surface area (Å²) in [5.41, 5.74) is 4.02. The van der Waals surface area contributed by atoms with E-state index in [2.05, 4.69) is 34.2 Å². The molecular formula is C17H30IN5O. The van der Waals surface area contributed by atoms with Gasteiger partial charge in [0.1, 0.15) is 0 Å².